The molecule has 172 valence electrons. The molecule has 0 unspecified atom stereocenters. The van der Waals surface area contributed by atoms with Crippen molar-refractivity contribution in [2.75, 3.05) is 64.1 Å². The first-order valence-corrected chi connectivity index (χ1v) is 12.1. The molecule has 4 aliphatic heterocycles. The van der Waals surface area contributed by atoms with Gasteiger partial charge in [0.25, 0.3) is 5.91 Å². The van der Waals surface area contributed by atoms with Crippen molar-refractivity contribution < 1.29 is 29.2 Å². The Morgan fingerprint density at radius 1 is 1.13 bits per heavy atom. The first-order chi connectivity index (χ1) is 15.0. The number of thioether (sulfide) groups is 1. The second kappa shape index (κ2) is 10.0. The van der Waals surface area contributed by atoms with Gasteiger partial charge in [-0.1, -0.05) is 11.8 Å². The second-order valence-corrected chi connectivity index (χ2v) is 9.32. The molecule has 4 N–H and O–H groups in total. The monoisotopic (exact) mass is 455 g/mol. The molecule has 0 aromatic carbocycles. The van der Waals surface area contributed by atoms with Crippen molar-refractivity contribution in [3.8, 4) is 0 Å². The van der Waals surface area contributed by atoms with Crippen LogP contribution >= 0.6 is 11.8 Å². The molecule has 0 aliphatic carbocycles. The third-order valence-corrected chi connectivity index (χ3v) is 7.26. The number of hydrogen-bond acceptors (Lipinski definition) is 6. The van der Waals surface area contributed by atoms with Crippen LogP contribution in [0.5, 0.6) is 0 Å². The predicted molar refractivity (Wildman–Crippen MR) is 112 cm³/mol. The summed E-state index contributed by atoms with van der Waals surface area (Å²) < 4.78 is 5.32. The Morgan fingerprint density at radius 3 is 2.65 bits per heavy atom. The summed E-state index contributed by atoms with van der Waals surface area (Å²) in [6.07, 6.45) is 1.36. The zero-order chi connectivity index (χ0) is 21.8. The van der Waals surface area contributed by atoms with E-state index in [9.17, 15) is 19.2 Å². The summed E-state index contributed by atoms with van der Waals surface area (Å²) >= 11 is 1.70. The average molecular weight is 456 g/mol. The first kappa shape index (κ1) is 22.2. The van der Waals surface area contributed by atoms with Gasteiger partial charge in [0.1, 0.15) is 18.0 Å². The largest absolute Gasteiger partial charge is 0.378 e. The van der Waals surface area contributed by atoms with Crippen LogP contribution in [0.25, 0.3) is 0 Å². The zero-order valence-corrected chi connectivity index (χ0v) is 18.4. The molecule has 4 saturated heterocycles. The number of nitrogens with one attached hydrogen (secondary N) is 2. The summed E-state index contributed by atoms with van der Waals surface area (Å²) in [5, 5.41) is 7.57. The predicted octanol–water partition coefficient (Wildman–Crippen LogP) is -3.02. The number of quaternary nitrogens is 1. The summed E-state index contributed by atoms with van der Waals surface area (Å²) in [4.78, 5) is 56.4. The quantitative estimate of drug-likeness (QED) is 0.416. The third-order valence-electron chi connectivity index (χ3n) is 6.23. The molecular weight excluding hydrogens is 424 g/mol. The molecule has 0 bridgehead atoms. The standard InChI is InChI=1S/C19H30N6O5S/c26-16-13(2-1-3-20-16)22-17(27)15-10-24(19(29)23-6-8-30-9-7-23)4-5-25(15)18(28)14-11-31-12-21-14/h13-15,21H,1-12H2,(H,20,26)(H,22,27)/p+1/t13-,14-,15+/m0/s1. The molecule has 11 nitrogen and oxygen atoms in total. The van der Waals surface area contributed by atoms with Gasteiger partial charge in [-0.05, 0) is 12.8 Å². The third kappa shape index (κ3) is 5.07. The van der Waals surface area contributed by atoms with E-state index in [0.717, 1.165) is 12.3 Å². The van der Waals surface area contributed by atoms with Crippen molar-refractivity contribution in [2.24, 2.45) is 0 Å². The van der Waals surface area contributed by atoms with Crippen LogP contribution in [0.1, 0.15) is 12.8 Å². The normalized spacial score (nSPS) is 29.5. The van der Waals surface area contributed by atoms with Gasteiger partial charge in [0.05, 0.1) is 25.5 Å². The summed E-state index contributed by atoms with van der Waals surface area (Å²) in [6, 6.07) is -1.75. The summed E-state index contributed by atoms with van der Waals surface area (Å²) in [6.45, 7) is 3.46. The number of nitrogens with zero attached hydrogens (tertiary/aromatic N) is 3. The average Bonchev–Trinajstić information content (AvgIpc) is 3.35. The number of rotatable bonds is 3. The van der Waals surface area contributed by atoms with Gasteiger partial charge in [-0.3, -0.25) is 14.4 Å². The van der Waals surface area contributed by atoms with E-state index in [2.05, 4.69) is 10.6 Å². The Hall–Kier alpha value is -2.05. The highest BCUT2D eigenvalue weighted by molar-refractivity contribution is 7.99. The Kier molecular flexibility index (Phi) is 7.18. The lowest BCUT2D eigenvalue weighted by Gasteiger charge is -2.43. The van der Waals surface area contributed by atoms with Crippen LogP contribution in [0.15, 0.2) is 0 Å². The van der Waals surface area contributed by atoms with Crippen LogP contribution in [0, 0.1) is 0 Å². The molecule has 31 heavy (non-hydrogen) atoms. The number of piperazine rings is 1. The number of nitrogens with two attached hydrogens (primary N) is 1. The van der Waals surface area contributed by atoms with E-state index in [-0.39, 0.29) is 36.3 Å². The minimum Gasteiger partial charge on any atom is -0.378 e. The van der Waals surface area contributed by atoms with E-state index in [0.29, 0.717) is 58.1 Å². The van der Waals surface area contributed by atoms with Gasteiger partial charge < -0.3 is 35.4 Å². The minimum absolute atomic E-state index is 0.0725. The Labute approximate surface area is 185 Å². The molecule has 5 amide bonds. The molecule has 4 heterocycles. The highest BCUT2D eigenvalue weighted by Gasteiger charge is 2.43. The van der Waals surface area contributed by atoms with Crippen LogP contribution < -0.4 is 16.0 Å². The highest BCUT2D eigenvalue weighted by Crippen LogP contribution is 2.17. The van der Waals surface area contributed by atoms with Gasteiger partial charge in [-0.15, -0.1) is 0 Å². The molecule has 12 heteroatoms. The molecular formula is C19H31N6O5S+. The smallest absolute Gasteiger partial charge is 0.320 e. The van der Waals surface area contributed by atoms with E-state index < -0.39 is 12.1 Å². The first-order valence-electron chi connectivity index (χ1n) is 11.0. The number of carbonyl (C=O) groups excluding carboxylic acids is 4. The number of carbonyl (C=O) groups is 4. The lowest BCUT2D eigenvalue weighted by molar-refractivity contribution is -0.649. The van der Waals surface area contributed by atoms with Crippen LogP contribution in [-0.2, 0) is 19.1 Å². The minimum atomic E-state index is -0.806. The van der Waals surface area contributed by atoms with Crippen LogP contribution in [0.4, 0.5) is 4.79 Å². The van der Waals surface area contributed by atoms with E-state index >= 15 is 0 Å². The number of hydrogen-bond donors (Lipinski definition) is 3. The zero-order valence-electron chi connectivity index (χ0n) is 17.6. The molecule has 4 aliphatic rings. The van der Waals surface area contributed by atoms with Gasteiger partial charge in [-0.25, -0.2) is 4.79 Å². The van der Waals surface area contributed by atoms with Gasteiger partial charge in [0, 0.05) is 32.7 Å². The molecule has 3 atom stereocenters. The van der Waals surface area contributed by atoms with Crippen molar-refractivity contribution >= 4 is 35.5 Å². The number of piperidine rings is 1. The topological polar surface area (TPSA) is 128 Å². The Balaban J connectivity index is 1.47. The lowest BCUT2D eigenvalue weighted by Crippen LogP contribution is -2.90. The van der Waals surface area contributed by atoms with Crippen molar-refractivity contribution in [1.82, 2.24) is 25.3 Å². The van der Waals surface area contributed by atoms with E-state index in [4.69, 9.17) is 4.74 Å². The lowest BCUT2D eigenvalue weighted by atomic mass is 10.0. The van der Waals surface area contributed by atoms with Crippen LogP contribution in [-0.4, -0.2) is 121 Å². The molecule has 0 radical (unpaired) electrons. The maximum Gasteiger partial charge on any atom is 0.320 e. The summed E-state index contributed by atoms with van der Waals surface area (Å²) in [5.41, 5.74) is 0. The Morgan fingerprint density at radius 2 is 1.94 bits per heavy atom. The summed E-state index contributed by atoms with van der Waals surface area (Å²) in [5.74, 6) is 0.892. The molecule has 0 aromatic rings. The molecule has 4 fully saturated rings. The van der Waals surface area contributed by atoms with E-state index in [1.165, 1.54) is 0 Å². The second-order valence-electron chi connectivity index (χ2n) is 8.25. The van der Waals surface area contributed by atoms with Crippen molar-refractivity contribution in [3.63, 3.8) is 0 Å². The fourth-order valence-corrected chi connectivity index (χ4v) is 5.45. The summed E-state index contributed by atoms with van der Waals surface area (Å²) in [7, 11) is 0. The number of morpholine rings is 1. The highest BCUT2D eigenvalue weighted by atomic mass is 32.2. The van der Waals surface area contributed by atoms with Crippen molar-refractivity contribution in [1.29, 1.82) is 0 Å². The van der Waals surface area contributed by atoms with E-state index in [1.807, 2.05) is 5.32 Å². The van der Waals surface area contributed by atoms with Gasteiger partial charge in [0.15, 0.2) is 6.04 Å². The van der Waals surface area contributed by atoms with Crippen molar-refractivity contribution in [3.05, 3.63) is 0 Å². The van der Waals surface area contributed by atoms with Gasteiger partial charge in [-0.2, -0.15) is 0 Å². The molecule has 0 aromatic heterocycles. The maximum absolute atomic E-state index is 13.2. The van der Waals surface area contributed by atoms with Crippen LogP contribution in [0.3, 0.4) is 0 Å². The fraction of sp³-hybridized carbons (Fsp3) is 0.789. The van der Waals surface area contributed by atoms with E-state index in [1.54, 1.807) is 26.5 Å². The van der Waals surface area contributed by atoms with Crippen LogP contribution in [0.2, 0.25) is 0 Å². The fourth-order valence-electron chi connectivity index (χ4n) is 4.41. The molecule has 4 rings (SSSR count). The molecule has 0 spiro atoms. The Bertz CT molecular complexity index is 712. The molecule has 0 saturated carbocycles. The van der Waals surface area contributed by atoms with Crippen molar-refractivity contribution in [2.45, 2.75) is 31.0 Å². The SMILES string of the molecule is O=C1NCCC[C@@H]1NC(=O)[C@H]1CN(C(=O)N2CCOCC2)CCN1C(=O)[C@@H]1CSC[NH2+]1. The van der Waals surface area contributed by atoms with Gasteiger partial charge >= 0.3 is 6.03 Å². The van der Waals surface area contributed by atoms with Gasteiger partial charge in [0.2, 0.25) is 11.8 Å². The number of amides is 5. The number of urea groups is 1. The number of ether oxygens (including phenoxy) is 1. The maximum atomic E-state index is 13.2.